The van der Waals surface area contributed by atoms with Gasteiger partial charge in [-0.2, -0.15) is 0 Å². The summed E-state index contributed by atoms with van der Waals surface area (Å²) in [6.07, 6.45) is 9.93. The van der Waals surface area contributed by atoms with Gasteiger partial charge >= 0.3 is 242 Å². The average molecular weight is 809 g/mol. The standard InChI is InChI=1S/2C15H10Br.4CH3.Hf.H2Si/c2*16-13-9-7-12(8-10-13)15-6-2-4-11-3-1-5-14(11)15;;;;;;/h2*1-10H;4*1H3;;1H2. The molecule has 2 unspecified atom stereocenters. The van der Waals surface area contributed by atoms with Crippen LogP contribution in [-0.4, -0.2) is 6.94 Å². The van der Waals surface area contributed by atoms with Crippen LogP contribution in [0.2, 0.25) is 18.7 Å². The van der Waals surface area contributed by atoms with Crippen LogP contribution in [0.15, 0.2) is 106 Å². The zero-order valence-electron chi connectivity index (χ0n) is 22.5. The Bertz CT molecular complexity index is 1680. The molecule has 0 N–H and O–H groups in total. The zero-order valence-corrected chi connectivity index (χ0v) is 30.7. The summed E-state index contributed by atoms with van der Waals surface area (Å²) >= 11 is 2.48. The molecule has 0 nitrogen and oxygen atoms in total. The quantitative estimate of drug-likeness (QED) is 0.180. The predicted molar refractivity (Wildman–Crippen MR) is 175 cm³/mol. The van der Waals surface area contributed by atoms with E-state index >= 15 is 0 Å². The van der Waals surface area contributed by atoms with Gasteiger partial charge in [0.05, 0.1) is 0 Å². The minimum atomic E-state index is -4.71. The van der Waals surface area contributed by atoms with E-state index < -0.39 is 14.2 Å². The average Bonchev–Trinajstić information content (AvgIpc) is 3.51. The summed E-state index contributed by atoms with van der Waals surface area (Å²) in [6, 6.07) is 31.3. The van der Waals surface area contributed by atoms with Crippen molar-refractivity contribution in [2.24, 2.45) is 0 Å². The molecular weight excluding hydrogens is 775 g/mol. The van der Waals surface area contributed by atoms with Gasteiger partial charge < -0.3 is 0 Å². The first-order valence-electron chi connectivity index (χ1n) is 13.4. The molecule has 0 fully saturated rings. The summed E-state index contributed by atoms with van der Waals surface area (Å²) in [4.78, 5) is 0. The van der Waals surface area contributed by atoms with Crippen LogP contribution in [0, 0.1) is 0 Å². The molecule has 0 amide bonds. The number of rotatable bonds is 4. The molecule has 2 aliphatic carbocycles. The minimum absolute atomic E-state index is 0.403. The summed E-state index contributed by atoms with van der Waals surface area (Å²) in [6.45, 7) is 2.39. The van der Waals surface area contributed by atoms with Crippen LogP contribution in [-0.2, 0) is 14.2 Å². The van der Waals surface area contributed by atoms with E-state index in [1.807, 2.05) is 0 Å². The fraction of sp³-hybridized carbons (Fsp3) is 0.176. The third-order valence-electron chi connectivity index (χ3n) is 9.46. The topological polar surface area (TPSA) is 0 Å². The molecule has 192 valence electrons. The maximum absolute atomic E-state index is 4.71. The number of allylic oxidation sites excluding steroid dienone is 2. The summed E-state index contributed by atoms with van der Waals surface area (Å²) in [5.41, 5.74) is 11.0. The number of hydrogen-bond donors (Lipinski definition) is 0. The van der Waals surface area contributed by atoms with Crippen molar-refractivity contribution < 1.29 is 14.2 Å². The van der Waals surface area contributed by atoms with Crippen LogP contribution in [0.4, 0.5) is 0 Å². The van der Waals surface area contributed by atoms with E-state index in [4.69, 9.17) is 0 Å². The molecule has 38 heavy (non-hydrogen) atoms. The fourth-order valence-electron chi connectivity index (χ4n) is 7.29. The molecule has 0 heterocycles. The molecule has 0 spiro atoms. The van der Waals surface area contributed by atoms with E-state index in [1.54, 1.807) is 0 Å². The molecule has 0 saturated heterocycles. The molecule has 4 aromatic rings. The molecule has 0 saturated carbocycles. The van der Waals surface area contributed by atoms with E-state index in [2.05, 4.69) is 167 Å². The Morgan fingerprint density at radius 3 is 1.29 bits per heavy atom. The van der Waals surface area contributed by atoms with E-state index in [0.29, 0.717) is 7.35 Å². The third kappa shape index (κ3) is 4.13. The molecule has 4 heteroatoms. The van der Waals surface area contributed by atoms with Crippen molar-refractivity contribution in [2.45, 2.75) is 26.1 Å². The number of benzene rings is 4. The van der Waals surface area contributed by atoms with Gasteiger partial charge in [-0.15, -0.1) is 0 Å². The summed E-state index contributed by atoms with van der Waals surface area (Å²) < 4.78 is 13.8. The molecule has 0 aromatic heterocycles. The van der Waals surface area contributed by atoms with Crippen LogP contribution in [0.3, 0.4) is 0 Å². The fourth-order valence-corrected chi connectivity index (χ4v) is 36.7. The van der Waals surface area contributed by atoms with Crippen molar-refractivity contribution in [1.29, 1.82) is 0 Å². The summed E-state index contributed by atoms with van der Waals surface area (Å²) in [5, 5.41) is 0. The molecule has 0 radical (unpaired) electrons. The SMILES string of the molecule is [CH3][Hf]([CH3])([CH3])([CH3])(=[SiH2])([CH]1C=Cc2c(-c3ccc(Br)cc3)cccc21)[CH]1C=Cc2c(-c3ccc(Br)cc3)cccc21. The Hall–Kier alpha value is -1.59. The van der Waals surface area contributed by atoms with Crippen LogP contribution >= 0.6 is 31.9 Å². The Morgan fingerprint density at radius 1 is 0.553 bits per heavy atom. The van der Waals surface area contributed by atoms with Gasteiger partial charge in [0.15, 0.2) is 0 Å². The zero-order chi connectivity index (χ0) is 27.0. The van der Waals surface area contributed by atoms with Gasteiger partial charge in [0.2, 0.25) is 0 Å². The van der Waals surface area contributed by atoms with Crippen molar-refractivity contribution in [1.82, 2.24) is 0 Å². The Balaban J connectivity index is 1.51. The predicted octanol–water partition coefficient (Wildman–Crippen LogP) is 10.9. The molecule has 0 bridgehead atoms. The van der Waals surface area contributed by atoms with Gasteiger partial charge in [-0.3, -0.25) is 0 Å². The molecule has 4 aromatic carbocycles. The van der Waals surface area contributed by atoms with Crippen molar-refractivity contribution in [3.63, 3.8) is 0 Å². The first kappa shape index (κ1) is 26.6. The molecule has 2 aliphatic rings. The number of hydrogen-bond acceptors (Lipinski definition) is 0. The van der Waals surface area contributed by atoms with Crippen LogP contribution in [0.25, 0.3) is 34.4 Å². The summed E-state index contributed by atoms with van der Waals surface area (Å²) in [7, 11) is 0. The second-order valence-corrected chi connectivity index (χ2v) is 104. The van der Waals surface area contributed by atoms with Gasteiger partial charge in [0, 0.05) is 0 Å². The van der Waals surface area contributed by atoms with Crippen molar-refractivity contribution in [3.05, 3.63) is 128 Å². The molecule has 6 rings (SSSR count). The summed E-state index contributed by atoms with van der Waals surface area (Å²) in [5.74, 6) is 0. The van der Waals surface area contributed by atoms with E-state index in [-0.39, 0.29) is 0 Å². The number of fused-ring (bicyclic) bond motifs is 2. The maximum atomic E-state index is 3.60. The van der Waals surface area contributed by atoms with Gasteiger partial charge in [-0.05, 0) is 0 Å². The van der Waals surface area contributed by atoms with Gasteiger partial charge in [0.1, 0.15) is 0 Å². The van der Waals surface area contributed by atoms with Crippen molar-refractivity contribution in [3.8, 4) is 22.3 Å². The van der Waals surface area contributed by atoms with Crippen LogP contribution in [0.5, 0.6) is 0 Å². The van der Waals surface area contributed by atoms with Crippen LogP contribution in [0.1, 0.15) is 29.6 Å². The van der Waals surface area contributed by atoms with Gasteiger partial charge in [-0.1, -0.05) is 0 Å². The van der Waals surface area contributed by atoms with Crippen LogP contribution < -0.4 is 0 Å². The number of halogens is 2. The molecule has 0 aliphatic heterocycles. The monoisotopic (exact) mass is 808 g/mol. The van der Waals surface area contributed by atoms with Crippen molar-refractivity contribution in [2.75, 3.05) is 0 Å². The molecule has 2 atom stereocenters. The first-order valence-corrected chi connectivity index (χ1v) is 41.9. The van der Waals surface area contributed by atoms with Gasteiger partial charge in [0.25, 0.3) is 0 Å². The van der Waals surface area contributed by atoms with E-state index in [0.717, 1.165) is 8.95 Å². The Labute approximate surface area is 239 Å². The Kier molecular flexibility index (Phi) is 5.45. The second kappa shape index (κ2) is 7.78. The third-order valence-corrected chi connectivity index (χ3v) is 45.0. The Morgan fingerprint density at radius 2 is 0.921 bits per heavy atom. The first-order chi connectivity index (χ1) is 17.7. The van der Waals surface area contributed by atoms with E-state index in [1.165, 1.54) is 44.5 Å². The normalized spacial score (nSPS) is 20.7. The van der Waals surface area contributed by atoms with E-state index in [9.17, 15) is 0 Å². The van der Waals surface area contributed by atoms with Gasteiger partial charge in [-0.25, -0.2) is 0 Å². The molecular formula is C34H34Br2HfSi. The van der Waals surface area contributed by atoms with Crippen molar-refractivity contribution >= 4 is 51.0 Å². The second-order valence-electron chi connectivity index (χ2n) is 15.6.